The number of hydrogen-bond donors (Lipinski definition) is 5. The lowest BCUT2D eigenvalue weighted by Gasteiger charge is -1.94. The third-order valence-corrected chi connectivity index (χ3v) is 1.58. The molecule has 12 heteroatoms. The number of carbonyl (C=O) groups excluding carboxylic acids is 2. The van der Waals surface area contributed by atoms with Gasteiger partial charge in [-0.1, -0.05) is 6.58 Å². The van der Waals surface area contributed by atoms with Crippen molar-refractivity contribution in [3.63, 3.8) is 0 Å². The average Bonchev–Trinajstić information content (AvgIpc) is 2.37. The molecule has 0 atom stereocenters. The molecule has 0 bridgehead atoms. The number of aliphatic carboxylic acids is 5. The number of carboxylic acids is 5. The van der Waals surface area contributed by atoms with Gasteiger partial charge in [0.05, 0.1) is 18.4 Å². The van der Waals surface area contributed by atoms with Crippen LogP contribution in [0.1, 0.15) is 12.8 Å². The molecule has 12 nitrogen and oxygen atoms in total. The summed E-state index contributed by atoms with van der Waals surface area (Å²) < 4.78 is 0. The molecule has 0 rings (SSSR count). The van der Waals surface area contributed by atoms with E-state index in [9.17, 15) is 24.0 Å². The lowest BCUT2D eigenvalue weighted by atomic mass is 10.2. The number of rotatable bonds is 7. The molecule has 5 N–H and O–H groups in total. The average molecular weight is 348 g/mol. The van der Waals surface area contributed by atoms with Gasteiger partial charge in [0.15, 0.2) is 0 Å². The van der Waals surface area contributed by atoms with Crippen molar-refractivity contribution in [3.8, 4) is 0 Å². The second-order valence-corrected chi connectivity index (χ2v) is 3.45. The van der Waals surface area contributed by atoms with Crippen molar-refractivity contribution in [2.75, 3.05) is 0 Å². The van der Waals surface area contributed by atoms with Crippen LogP contribution in [-0.2, 0) is 33.6 Å². The van der Waals surface area contributed by atoms with E-state index in [1.807, 2.05) is 0 Å². The third-order valence-electron chi connectivity index (χ3n) is 1.58. The van der Waals surface area contributed by atoms with E-state index < -0.39 is 48.3 Å². The Hall–Kier alpha value is -3.79. The third kappa shape index (κ3) is 20.5. The zero-order valence-electron chi connectivity index (χ0n) is 11.8. The summed E-state index contributed by atoms with van der Waals surface area (Å²) in [6.45, 7) is 3.01. The lowest BCUT2D eigenvalue weighted by molar-refractivity contribution is -0.191. The minimum atomic E-state index is -1.54. The summed E-state index contributed by atoms with van der Waals surface area (Å²) in [6.07, 6.45) is -0.701. The summed E-state index contributed by atoms with van der Waals surface area (Å²) in [5, 5.41) is 40.6. The van der Waals surface area contributed by atoms with Crippen molar-refractivity contribution in [1.29, 1.82) is 0 Å². The van der Waals surface area contributed by atoms with Crippen molar-refractivity contribution in [2.45, 2.75) is 12.8 Å². The predicted molar refractivity (Wildman–Crippen MR) is 69.6 cm³/mol. The van der Waals surface area contributed by atoms with E-state index in [0.29, 0.717) is 6.08 Å². The van der Waals surface area contributed by atoms with Crippen LogP contribution in [-0.4, -0.2) is 61.5 Å². The van der Waals surface area contributed by atoms with Gasteiger partial charge in [0, 0.05) is 11.6 Å². The van der Waals surface area contributed by atoms with Crippen LogP contribution in [0.15, 0.2) is 23.8 Å². The first-order valence-corrected chi connectivity index (χ1v) is 5.39. The van der Waals surface area contributed by atoms with Gasteiger partial charge in [0.25, 0.3) is 0 Å². The van der Waals surface area contributed by atoms with Gasteiger partial charge in [0.1, 0.15) is 0 Å². The van der Waals surface area contributed by atoms with E-state index >= 15 is 0 Å². The summed E-state index contributed by atoms with van der Waals surface area (Å²) in [7, 11) is 0. The van der Waals surface area contributed by atoms with Gasteiger partial charge >= 0.3 is 36.0 Å². The molecule has 0 aromatic heterocycles. The van der Waals surface area contributed by atoms with E-state index in [4.69, 9.17) is 35.1 Å². The monoisotopic (exact) mass is 348 g/mol. The molecule has 0 aliphatic carbocycles. The Morgan fingerprint density at radius 2 is 1.17 bits per heavy atom. The second kappa shape index (κ2) is 14.2. The first kappa shape index (κ1) is 25.2. The Morgan fingerprint density at radius 1 is 0.792 bits per heavy atom. The first-order chi connectivity index (χ1) is 10.9. The van der Waals surface area contributed by atoms with E-state index in [1.54, 1.807) is 0 Å². The molecule has 0 amide bonds. The van der Waals surface area contributed by atoms with E-state index in [2.05, 4.69) is 6.58 Å². The molecule has 0 aromatic carbocycles. The molecule has 24 heavy (non-hydrogen) atoms. The summed E-state index contributed by atoms with van der Waals surface area (Å²) in [5.74, 6) is -6.85. The van der Waals surface area contributed by atoms with Gasteiger partial charge in [-0.05, 0) is 0 Å². The van der Waals surface area contributed by atoms with Crippen LogP contribution < -0.4 is 0 Å². The van der Waals surface area contributed by atoms with Gasteiger partial charge in [-0.25, -0.2) is 14.4 Å². The standard InChI is InChI=1S/C6H6O6.C5H6O4.CO2/c7-4(8)1-3(6(11)12)2-5(9)10;1-3(5(8)9)2-4(6)7;2-1-3/h1H,2H2,(H,7,8)(H,9,10)(H,11,12);1-2H2,(H,6,7)(H,8,9);/b3-1-;;. The SMILES string of the molecule is C=C(CC(=O)O)C(=O)O.O=C(O)/C=C(/CC(=O)O)C(=O)O.O=C=O. The maximum absolute atomic E-state index is 10.2. The Bertz CT molecular complexity index is 577. The molecule has 0 aliphatic rings. The maximum Gasteiger partial charge on any atom is 0.373 e. The van der Waals surface area contributed by atoms with Crippen LogP contribution in [0, 0.1) is 0 Å². The van der Waals surface area contributed by atoms with Gasteiger partial charge < -0.3 is 25.5 Å². The molecule has 0 aromatic rings. The van der Waals surface area contributed by atoms with Crippen LogP contribution in [0.25, 0.3) is 0 Å². The van der Waals surface area contributed by atoms with Crippen molar-refractivity contribution in [1.82, 2.24) is 0 Å². The maximum atomic E-state index is 10.2. The number of hydrogen-bond acceptors (Lipinski definition) is 7. The fourth-order valence-electron chi connectivity index (χ4n) is 0.759. The molecule has 132 valence electrons. The van der Waals surface area contributed by atoms with Gasteiger partial charge in [-0.3, -0.25) is 9.59 Å². The highest BCUT2D eigenvalue weighted by Crippen LogP contribution is 2.00. The van der Waals surface area contributed by atoms with Crippen molar-refractivity contribution in [3.05, 3.63) is 23.8 Å². The van der Waals surface area contributed by atoms with Crippen LogP contribution in [0.5, 0.6) is 0 Å². The van der Waals surface area contributed by atoms with Crippen LogP contribution >= 0.6 is 0 Å². The first-order valence-electron chi connectivity index (χ1n) is 5.39. The fourth-order valence-corrected chi connectivity index (χ4v) is 0.759. The molecule has 0 saturated heterocycles. The summed E-state index contributed by atoms with van der Waals surface area (Å²) in [5.41, 5.74) is -0.961. The highest BCUT2D eigenvalue weighted by atomic mass is 16.4. The smallest absolute Gasteiger partial charge is 0.373 e. The summed E-state index contributed by atoms with van der Waals surface area (Å²) in [6, 6.07) is 0. The Kier molecular flexibility index (Phi) is 14.9. The molecular weight excluding hydrogens is 336 g/mol. The molecule has 0 spiro atoms. The predicted octanol–water partition coefficient (Wildman–Crippen LogP) is -0.925. The number of carbonyl (C=O) groups is 5. The number of carboxylic acid groups (broad SMARTS) is 5. The molecule has 0 radical (unpaired) electrons. The largest absolute Gasteiger partial charge is 0.481 e. The van der Waals surface area contributed by atoms with Crippen LogP contribution in [0.4, 0.5) is 0 Å². The molecule has 0 unspecified atom stereocenters. The topological polar surface area (TPSA) is 221 Å². The second-order valence-electron chi connectivity index (χ2n) is 3.45. The molecule has 0 fully saturated rings. The normalized spacial score (nSPS) is 8.92. The summed E-state index contributed by atoms with van der Waals surface area (Å²) in [4.78, 5) is 66.0. The molecule has 0 heterocycles. The van der Waals surface area contributed by atoms with Gasteiger partial charge in [-0.15, -0.1) is 0 Å². The Balaban J connectivity index is -0.000000324. The molecule has 0 saturated carbocycles. The minimum absolute atomic E-state index is 0.250. The zero-order chi connectivity index (χ0) is 19.9. The van der Waals surface area contributed by atoms with Crippen molar-refractivity contribution in [2.24, 2.45) is 0 Å². The quantitative estimate of drug-likeness (QED) is 0.352. The van der Waals surface area contributed by atoms with Gasteiger partial charge in [-0.2, -0.15) is 9.59 Å². The van der Waals surface area contributed by atoms with Crippen molar-refractivity contribution < 1.29 is 59.1 Å². The fraction of sp³-hybridized carbons (Fsp3) is 0.167. The zero-order valence-corrected chi connectivity index (χ0v) is 11.8. The summed E-state index contributed by atoms with van der Waals surface area (Å²) >= 11 is 0. The molecular formula is C12H12O12. The Labute approximate surface area is 132 Å². The van der Waals surface area contributed by atoms with E-state index in [1.165, 1.54) is 0 Å². The van der Waals surface area contributed by atoms with Crippen molar-refractivity contribution >= 4 is 36.0 Å². The van der Waals surface area contributed by atoms with Crippen LogP contribution in [0.3, 0.4) is 0 Å². The van der Waals surface area contributed by atoms with E-state index in [-0.39, 0.29) is 11.7 Å². The molecule has 0 aliphatic heterocycles. The lowest BCUT2D eigenvalue weighted by Crippen LogP contribution is -2.08. The van der Waals surface area contributed by atoms with Crippen LogP contribution in [0.2, 0.25) is 0 Å². The minimum Gasteiger partial charge on any atom is -0.481 e. The van der Waals surface area contributed by atoms with E-state index in [0.717, 1.165) is 0 Å². The Morgan fingerprint density at radius 3 is 1.33 bits per heavy atom. The highest BCUT2D eigenvalue weighted by molar-refractivity contribution is 5.98. The van der Waals surface area contributed by atoms with Gasteiger partial charge in [0.2, 0.25) is 0 Å². The highest BCUT2D eigenvalue weighted by Gasteiger charge is 2.13.